The molecule has 8 heteroatoms. The number of methoxy groups -OCH3 is 1. The van der Waals surface area contributed by atoms with Crippen LogP contribution in [-0.4, -0.2) is 27.8 Å². The van der Waals surface area contributed by atoms with Crippen molar-refractivity contribution in [2.24, 2.45) is 0 Å². The smallest absolute Gasteiger partial charge is 0.256 e. The summed E-state index contributed by atoms with van der Waals surface area (Å²) in [6.07, 6.45) is 3.36. The summed E-state index contributed by atoms with van der Waals surface area (Å²) in [5.74, 6) is 1.28. The highest BCUT2D eigenvalue weighted by atomic mass is 79.9. The number of anilines is 1. The van der Waals surface area contributed by atoms with Gasteiger partial charge in [0.25, 0.3) is 5.91 Å². The van der Waals surface area contributed by atoms with Gasteiger partial charge in [-0.3, -0.25) is 9.78 Å². The lowest BCUT2D eigenvalue weighted by Crippen LogP contribution is -2.16. The molecule has 0 saturated heterocycles. The first-order chi connectivity index (χ1) is 15.6. The summed E-state index contributed by atoms with van der Waals surface area (Å²) in [6, 6.07) is 20.6. The molecule has 4 aromatic rings. The lowest BCUT2D eigenvalue weighted by atomic mass is 10.2. The van der Waals surface area contributed by atoms with E-state index in [2.05, 4.69) is 31.3 Å². The van der Waals surface area contributed by atoms with Crippen LogP contribution in [-0.2, 0) is 13.2 Å². The molecule has 0 aliphatic rings. The van der Waals surface area contributed by atoms with Gasteiger partial charge in [-0.2, -0.15) is 5.10 Å². The maximum absolute atomic E-state index is 12.9. The number of amides is 1. The van der Waals surface area contributed by atoms with Gasteiger partial charge in [-0.25, -0.2) is 4.68 Å². The van der Waals surface area contributed by atoms with E-state index in [4.69, 9.17) is 9.47 Å². The van der Waals surface area contributed by atoms with Crippen molar-refractivity contribution in [1.82, 2.24) is 14.8 Å². The fourth-order valence-corrected chi connectivity index (χ4v) is 3.68. The van der Waals surface area contributed by atoms with Gasteiger partial charge in [0.05, 0.1) is 30.0 Å². The van der Waals surface area contributed by atoms with Gasteiger partial charge in [0, 0.05) is 17.8 Å². The van der Waals surface area contributed by atoms with E-state index in [1.165, 1.54) is 0 Å². The van der Waals surface area contributed by atoms with Crippen LogP contribution in [0.4, 0.5) is 5.82 Å². The van der Waals surface area contributed by atoms with Crippen LogP contribution in [0.3, 0.4) is 0 Å². The molecule has 0 unspecified atom stereocenters. The second-order valence-corrected chi connectivity index (χ2v) is 7.77. The normalized spacial score (nSPS) is 10.6. The molecular formula is C24H21BrN4O3. The number of ether oxygens (including phenoxy) is 2. The minimum Gasteiger partial charge on any atom is -0.493 e. The number of hydrogen-bond donors (Lipinski definition) is 1. The lowest BCUT2D eigenvalue weighted by Gasteiger charge is -2.15. The first kappa shape index (κ1) is 21.6. The number of hydrogen-bond acceptors (Lipinski definition) is 5. The average molecular weight is 493 g/mol. The van der Waals surface area contributed by atoms with Gasteiger partial charge in [0.1, 0.15) is 12.4 Å². The Labute approximate surface area is 194 Å². The Kier molecular flexibility index (Phi) is 6.81. The van der Waals surface area contributed by atoms with E-state index in [0.717, 1.165) is 11.3 Å². The first-order valence-corrected chi connectivity index (χ1v) is 10.7. The number of halogens is 1. The van der Waals surface area contributed by atoms with E-state index in [1.807, 2.05) is 48.5 Å². The quantitative estimate of drug-likeness (QED) is 0.377. The van der Waals surface area contributed by atoms with E-state index in [9.17, 15) is 4.79 Å². The highest BCUT2D eigenvalue weighted by Gasteiger charge is 2.17. The number of pyridine rings is 1. The topological polar surface area (TPSA) is 78.3 Å². The Hall–Kier alpha value is -3.65. The van der Waals surface area contributed by atoms with E-state index in [-0.39, 0.29) is 5.91 Å². The summed E-state index contributed by atoms with van der Waals surface area (Å²) in [6.45, 7) is 0.830. The van der Waals surface area contributed by atoms with Crippen LogP contribution in [0.25, 0.3) is 0 Å². The molecule has 2 aromatic heterocycles. The molecule has 0 atom stereocenters. The molecule has 2 heterocycles. The second kappa shape index (κ2) is 10.1. The van der Waals surface area contributed by atoms with Crippen molar-refractivity contribution in [3.63, 3.8) is 0 Å². The van der Waals surface area contributed by atoms with Crippen LogP contribution in [0, 0.1) is 0 Å². The number of nitrogens with one attached hydrogen (secondary N) is 1. The Balaban J connectivity index is 1.50. The van der Waals surface area contributed by atoms with Gasteiger partial charge >= 0.3 is 0 Å². The standard InChI is InChI=1S/C24H21BrN4O3/c1-31-21-14-18(13-20(25)23(21)32-16-17-7-3-2-4-8-17)24(30)28-22-10-12-27-29(22)15-19-9-5-6-11-26-19/h2-14H,15-16H2,1H3,(H,28,30). The zero-order chi connectivity index (χ0) is 22.3. The van der Waals surface area contributed by atoms with Crippen LogP contribution in [0.1, 0.15) is 21.6 Å². The van der Waals surface area contributed by atoms with Crippen molar-refractivity contribution in [3.8, 4) is 11.5 Å². The fourth-order valence-electron chi connectivity index (χ4n) is 3.12. The summed E-state index contributed by atoms with van der Waals surface area (Å²) in [4.78, 5) is 17.2. The Morgan fingerprint density at radius 2 is 1.88 bits per heavy atom. The van der Waals surface area contributed by atoms with E-state index in [0.29, 0.717) is 40.5 Å². The Morgan fingerprint density at radius 1 is 1.06 bits per heavy atom. The van der Waals surface area contributed by atoms with Gasteiger partial charge in [-0.1, -0.05) is 36.4 Å². The van der Waals surface area contributed by atoms with Crippen molar-refractivity contribution in [2.45, 2.75) is 13.2 Å². The van der Waals surface area contributed by atoms with Crippen LogP contribution in [0.15, 0.2) is 83.6 Å². The molecule has 7 nitrogen and oxygen atoms in total. The van der Waals surface area contributed by atoms with E-state index < -0.39 is 0 Å². The van der Waals surface area contributed by atoms with Crippen molar-refractivity contribution >= 4 is 27.7 Å². The molecule has 162 valence electrons. The molecule has 4 rings (SSSR count). The highest BCUT2D eigenvalue weighted by molar-refractivity contribution is 9.10. The monoisotopic (exact) mass is 492 g/mol. The fraction of sp³-hybridized carbons (Fsp3) is 0.125. The maximum atomic E-state index is 12.9. The number of benzene rings is 2. The molecule has 32 heavy (non-hydrogen) atoms. The van der Waals surface area contributed by atoms with Crippen LogP contribution in [0.2, 0.25) is 0 Å². The number of carbonyl (C=O) groups is 1. The summed E-state index contributed by atoms with van der Waals surface area (Å²) < 4.78 is 13.7. The van der Waals surface area contributed by atoms with Crippen LogP contribution >= 0.6 is 15.9 Å². The molecule has 0 spiro atoms. The summed E-state index contributed by atoms with van der Waals surface area (Å²) in [7, 11) is 1.54. The Bertz CT molecular complexity index is 1200. The zero-order valence-corrected chi connectivity index (χ0v) is 19.0. The molecule has 0 saturated carbocycles. The van der Waals surface area contributed by atoms with Gasteiger partial charge < -0.3 is 14.8 Å². The first-order valence-electron chi connectivity index (χ1n) is 9.91. The van der Waals surface area contributed by atoms with Gasteiger partial charge in [-0.05, 0) is 45.8 Å². The summed E-state index contributed by atoms with van der Waals surface area (Å²) >= 11 is 3.51. The SMILES string of the molecule is COc1cc(C(=O)Nc2ccnn2Cc2ccccn2)cc(Br)c1OCc1ccccc1. The molecule has 0 aliphatic heterocycles. The number of rotatable bonds is 8. The molecule has 0 bridgehead atoms. The van der Waals surface area contributed by atoms with Crippen LogP contribution in [0.5, 0.6) is 11.5 Å². The molecule has 0 aliphatic carbocycles. The van der Waals surface area contributed by atoms with Crippen molar-refractivity contribution in [2.75, 3.05) is 12.4 Å². The zero-order valence-electron chi connectivity index (χ0n) is 17.4. The predicted octanol–water partition coefficient (Wildman–Crippen LogP) is 4.93. The van der Waals surface area contributed by atoms with Crippen molar-refractivity contribution < 1.29 is 14.3 Å². The summed E-state index contributed by atoms with van der Waals surface area (Å²) in [5.41, 5.74) is 2.30. The number of carbonyl (C=O) groups excluding carboxylic acids is 1. The van der Waals surface area contributed by atoms with Gasteiger partial charge in [0.15, 0.2) is 11.5 Å². The van der Waals surface area contributed by atoms with Crippen LogP contribution < -0.4 is 14.8 Å². The molecular weight excluding hydrogens is 472 g/mol. The third-order valence-electron chi connectivity index (χ3n) is 4.71. The summed E-state index contributed by atoms with van der Waals surface area (Å²) in [5, 5.41) is 7.18. The Morgan fingerprint density at radius 3 is 2.62 bits per heavy atom. The number of nitrogens with zero attached hydrogens (tertiary/aromatic N) is 3. The maximum Gasteiger partial charge on any atom is 0.256 e. The minimum atomic E-state index is -0.290. The lowest BCUT2D eigenvalue weighted by molar-refractivity contribution is 0.102. The average Bonchev–Trinajstić information content (AvgIpc) is 3.25. The van der Waals surface area contributed by atoms with Crippen molar-refractivity contribution in [1.29, 1.82) is 0 Å². The second-order valence-electron chi connectivity index (χ2n) is 6.91. The van der Waals surface area contributed by atoms with E-state index in [1.54, 1.807) is 42.4 Å². The molecule has 2 aromatic carbocycles. The number of aromatic nitrogens is 3. The largest absolute Gasteiger partial charge is 0.493 e. The molecule has 1 amide bonds. The minimum absolute atomic E-state index is 0.290. The molecule has 0 radical (unpaired) electrons. The van der Waals surface area contributed by atoms with Gasteiger partial charge in [0.2, 0.25) is 0 Å². The molecule has 1 N–H and O–H groups in total. The van der Waals surface area contributed by atoms with Gasteiger partial charge in [-0.15, -0.1) is 0 Å². The molecule has 0 fully saturated rings. The third-order valence-corrected chi connectivity index (χ3v) is 5.30. The highest BCUT2D eigenvalue weighted by Crippen LogP contribution is 2.37. The third kappa shape index (κ3) is 5.15. The predicted molar refractivity (Wildman–Crippen MR) is 125 cm³/mol. The van der Waals surface area contributed by atoms with Crippen molar-refractivity contribution in [3.05, 3.63) is 100 Å². The van der Waals surface area contributed by atoms with E-state index >= 15 is 0 Å².